The molecule has 2 rings (SSSR count). The Kier molecular flexibility index (Phi) is 4.30. The minimum absolute atomic E-state index is 0.194. The van der Waals surface area contributed by atoms with Crippen molar-refractivity contribution in [2.45, 2.75) is 13.8 Å². The second-order valence-electron chi connectivity index (χ2n) is 4.47. The van der Waals surface area contributed by atoms with E-state index < -0.39 is 0 Å². The first-order valence-corrected chi connectivity index (χ1v) is 7.05. The Labute approximate surface area is 130 Å². The molecule has 3 N–H and O–H groups in total. The normalized spacial score (nSPS) is 10.4. The van der Waals surface area contributed by atoms with Gasteiger partial charge in [-0.25, -0.2) is 4.98 Å². The van der Waals surface area contributed by atoms with Crippen LogP contribution >= 0.6 is 27.5 Å². The van der Waals surface area contributed by atoms with Gasteiger partial charge < -0.3 is 11.1 Å². The summed E-state index contributed by atoms with van der Waals surface area (Å²) in [6.45, 7) is 3.86. The summed E-state index contributed by atoms with van der Waals surface area (Å²) < 4.78 is 0.974. The monoisotopic (exact) mass is 353 g/mol. The summed E-state index contributed by atoms with van der Waals surface area (Å²) in [5.74, 6) is -0.0542. The molecule has 104 valence electrons. The number of hydrogen-bond donors (Lipinski definition) is 2. The van der Waals surface area contributed by atoms with Crippen LogP contribution in [0.4, 0.5) is 11.5 Å². The van der Waals surface area contributed by atoms with Crippen molar-refractivity contribution in [2.24, 2.45) is 0 Å². The molecule has 0 saturated carbocycles. The largest absolute Gasteiger partial charge is 0.384 e. The summed E-state index contributed by atoms with van der Waals surface area (Å²) in [5.41, 5.74) is 8.69. The molecule has 0 atom stereocenters. The van der Waals surface area contributed by atoms with Crippen molar-refractivity contribution in [1.29, 1.82) is 0 Å². The molecule has 6 heteroatoms. The van der Waals surface area contributed by atoms with Gasteiger partial charge in [-0.3, -0.25) is 4.79 Å². The molecule has 1 amide bonds. The van der Waals surface area contributed by atoms with Gasteiger partial charge >= 0.3 is 0 Å². The number of carbonyl (C=O) groups is 1. The van der Waals surface area contributed by atoms with E-state index >= 15 is 0 Å². The molecule has 0 aliphatic rings. The number of halogens is 2. The number of aryl methyl sites for hydroxylation is 2. The second-order valence-corrected chi connectivity index (χ2v) is 5.78. The van der Waals surface area contributed by atoms with E-state index in [9.17, 15) is 4.79 Å². The highest BCUT2D eigenvalue weighted by Crippen LogP contribution is 2.26. The number of anilines is 2. The Balaban J connectivity index is 2.32. The number of benzene rings is 1. The van der Waals surface area contributed by atoms with Crippen LogP contribution in [0.25, 0.3) is 0 Å². The predicted octanol–water partition coefficient (Wildman–Crippen LogP) is 3.95. The Morgan fingerprint density at radius 1 is 1.25 bits per heavy atom. The Bertz CT molecular complexity index is 645. The van der Waals surface area contributed by atoms with Crippen LogP contribution in [0.2, 0.25) is 5.15 Å². The lowest BCUT2D eigenvalue weighted by Crippen LogP contribution is -2.14. The number of aromatic nitrogens is 1. The fraction of sp³-hybridized carbons (Fsp3) is 0.143. The zero-order valence-corrected chi connectivity index (χ0v) is 13.3. The first kappa shape index (κ1) is 14.8. The van der Waals surface area contributed by atoms with E-state index in [4.69, 9.17) is 17.3 Å². The van der Waals surface area contributed by atoms with Crippen LogP contribution in [-0.4, -0.2) is 10.9 Å². The van der Waals surface area contributed by atoms with E-state index in [2.05, 4.69) is 26.2 Å². The van der Waals surface area contributed by atoms with Crippen molar-refractivity contribution in [2.75, 3.05) is 11.1 Å². The highest BCUT2D eigenvalue weighted by molar-refractivity contribution is 9.10. The summed E-state index contributed by atoms with van der Waals surface area (Å²) in [5, 5.41) is 3.07. The molecule has 0 aliphatic carbocycles. The van der Waals surface area contributed by atoms with E-state index in [1.807, 2.05) is 26.0 Å². The van der Waals surface area contributed by atoms with Crippen molar-refractivity contribution in [1.82, 2.24) is 4.98 Å². The lowest BCUT2D eigenvalue weighted by Gasteiger charge is -2.12. The Morgan fingerprint density at radius 3 is 2.40 bits per heavy atom. The lowest BCUT2D eigenvalue weighted by atomic mass is 10.1. The number of carbonyl (C=O) groups excluding carboxylic acids is 1. The minimum Gasteiger partial charge on any atom is -0.384 e. The van der Waals surface area contributed by atoms with Gasteiger partial charge in [-0.05, 0) is 49.2 Å². The highest BCUT2D eigenvalue weighted by Gasteiger charge is 2.12. The lowest BCUT2D eigenvalue weighted by molar-refractivity contribution is 0.102. The molecule has 1 aromatic carbocycles. The van der Waals surface area contributed by atoms with Crippen molar-refractivity contribution in [3.05, 3.63) is 50.6 Å². The molecule has 0 unspecified atom stereocenters. The molecule has 1 heterocycles. The summed E-state index contributed by atoms with van der Waals surface area (Å²) >= 11 is 9.23. The molecule has 0 radical (unpaired) electrons. The zero-order chi connectivity index (χ0) is 14.9. The number of nitrogens with one attached hydrogen (secondary N) is 1. The van der Waals surface area contributed by atoms with Crippen molar-refractivity contribution < 1.29 is 4.79 Å². The van der Waals surface area contributed by atoms with Crippen molar-refractivity contribution >= 4 is 44.9 Å². The quantitative estimate of drug-likeness (QED) is 0.802. The molecule has 0 bridgehead atoms. The first-order chi connectivity index (χ1) is 9.36. The molecular formula is C14H13BrClN3O. The van der Waals surface area contributed by atoms with E-state index in [0.29, 0.717) is 5.56 Å². The maximum Gasteiger partial charge on any atom is 0.255 e. The molecule has 1 aromatic heterocycles. The smallest absolute Gasteiger partial charge is 0.255 e. The Morgan fingerprint density at radius 2 is 1.85 bits per heavy atom. The van der Waals surface area contributed by atoms with E-state index in [-0.39, 0.29) is 16.9 Å². The number of amides is 1. The van der Waals surface area contributed by atoms with E-state index in [0.717, 1.165) is 21.3 Å². The zero-order valence-electron chi connectivity index (χ0n) is 11.0. The van der Waals surface area contributed by atoms with Gasteiger partial charge in [0.15, 0.2) is 0 Å². The molecule has 0 aliphatic heterocycles. The number of nitrogens with two attached hydrogens (primary N) is 1. The van der Waals surface area contributed by atoms with Gasteiger partial charge in [0.1, 0.15) is 11.0 Å². The van der Waals surface area contributed by atoms with Gasteiger partial charge in [-0.2, -0.15) is 0 Å². The van der Waals surface area contributed by atoms with Crippen LogP contribution < -0.4 is 11.1 Å². The van der Waals surface area contributed by atoms with Gasteiger partial charge in [0.25, 0.3) is 5.91 Å². The number of nitrogen functional groups attached to an aromatic ring is 1. The average Bonchev–Trinajstić information content (AvgIpc) is 2.32. The fourth-order valence-corrected chi connectivity index (χ4v) is 2.84. The highest BCUT2D eigenvalue weighted by atomic mass is 79.9. The van der Waals surface area contributed by atoms with Gasteiger partial charge in [0.2, 0.25) is 0 Å². The molecular weight excluding hydrogens is 342 g/mol. The number of hydrogen-bond acceptors (Lipinski definition) is 3. The third-order valence-electron chi connectivity index (χ3n) is 2.81. The van der Waals surface area contributed by atoms with Crippen LogP contribution in [0.5, 0.6) is 0 Å². The number of nitrogens with zero attached hydrogens (tertiary/aromatic N) is 1. The van der Waals surface area contributed by atoms with Crippen LogP contribution in [-0.2, 0) is 0 Å². The first-order valence-electron chi connectivity index (χ1n) is 5.88. The molecule has 0 spiro atoms. The van der Waals surface area contributed by atoms with Crippen LogP contribution in [0.3, 0.4) is 0 Å². The molecule has 0 saturated heterocycles. The summed E-state index contributed by atoms with van der Waals surface area (Å²) in [4.78, 5) is 16.1. The summed E-state index contributed by atoms with van der Waals surface area (Å²) in [6, 6.07) is 6.86. The third-order valence-corrected chi connectivity index (χ3v) is 3.46. The van der Waals surface area contributed by atoms with Crippen LogP contribution in [0.15, 0.2) is 28.7 Å². The van der Waals surface area contributed by atoms with E-state index in [1.54, 1.807) is 0 Å². The second kappa shape index (κ2) is 5.81. The average molecular weight is 355 g/mol. The van der Waals surface area contributed by atoms with Gasteiger partial charge in [-0.15, -0.1) is 0 Å². The van der Waals surface area contributed by atoms with Gasteiger partial charge in [0.05, 0.1) is 0 Å². The summed E-state index contributed by atoms with van der Waals surface area (Å²) in [7, 11) is 0. The third kappa shape index (κ3) is 3.29. The molecule has 20 heavy (non-hydrogen) atoms. The summed E-state index contributed by atoms with van der Waals surface area (Å²) in [6.07, 6.45) is 0. The van der Waals surface area contributed by atoms with Crippen molar-refractivity contribution in [3.8, 4) is 0 Å². The van der Waals surface area contributed by atoms with Crippen LogP contribution in [0.1, 0.15) is 21.5 Å². The SMILES string of the molecule is Cc1cc(Br)cc(C)c1NC(=O)c1cc(N)nc(Cl)c1. The minimum atomic E-state index is -0.269. The number of pyridine rings is 1. The molecule has 2 aromatic rings. The standard InChI is InChI=1S/C14H13BrClN3O/c1-7-3-10(15)4-8(2)13(7)19-14(20)9-5-11(16)18-12(17)6-9/h3-6H,1-2H3,(H2,17,18)(H,19,20). The maximum absolute atomic E-state index is 12.2. The number of rotatable bonds is 2. The molecule has 0 fully saturated rings. The topological polar surface area (TPSA) is 68.0 Å². The molecule has 4 nitrogen and oxygen atoms in total. The predicted molar refractivity (Wildman–Crippen MR) is 85.2 cm³/mol. The van der Waals surface area contributed by atoms with Crippen LogP contribution in [0, 0.1) is 13.8 Å². The van der Waals surface area contributed by atoms with E-state index in [1.165, 1.54) is 12.1 Å². The maximum atomic E-state index is 12.2. The van der Waals surface area contributed by atoms with Gasteiger partial charge in [0, 0.05) is 15.7 Å². The Hall–Kier alpha value is -1.59. The van der Waals surface area contributed by atoms with Crippen molar-refractivity contribution in [3.63, 3.8) is 0 Å². The fourth-order valence-electron chi connectivity index (χ4n) is 1.94. The van der Waals surface area contributed by atoms with Gasteiger partial charge in [-0.1, -0.05) is 27.5 Å².